The molecule has 0 aliphatic carbocycles. The third kappa shape index (κ3) is 3.02. The van der Waals surface area contributed by atoms with Gasteiger partial charge in [0.15, 0.2) is 0 Å². The molecule has 13 heavy (non-hydrogen) atoms. The van der Waals surface area contributed by atoms with E-state index in [9.17, 15) is 8.42 Å². The Hall–Kier alpha value is -1.11. The summed E-state index contributed by atoms with van der Waals surface area (Å²) in [5, 5.41) is 6.20. The molecule has 0 spiro atoms. The predicted octanol–water partition coefficient (Wildman–Crippen LogP) is 0.265. The van der Waals surface area contributed by atoms with Gasteiger partial charge in [0.2, 0.25) is 10.0 Å². The molecule has 0 unspecified atom stereocenters. The van der Waals surface area contributed by atoms with Crippen LogP contribution in [0.25, 0.3) is 0 Å². The number of anilines is 1. The molecule has 0 amide bonds. The number of hydrogen-bond acceptors (Lipinski definition) is 4. The Labute approximate surface area is 76.8 Å². The lowest BCUT2D eigenvalue weighted by atomic mass is 10.6. The Balaban J connectivity index is 2.69. The van der Waals surface area contributed by atoms with Crippen molar-refractivity contribution in [3.8, 4) is 0 Å². The first kappa shape index (κ1) is 9.97. The largest absolute Gasteiger partial charge is 0.261 e. The van der Waals surface area contributed by atoms with E-state index in [-0.39, 0.29) is 11.7 Å². The summed E-state index contributed by atoms with van der Waals surface area (Å²) in [7, 11) is -3.27. The summed E-state index contributed by atoms with van der Waals surface area (Å²) in [6, 6.07) is 0. The van der Waals surface area contributed by atoms with Crippen molar-refractivity contribution >= 4 is 16.0 Å². The maximum absolute atomic E-state index is 11.2. The van der Waals surface area contributed by atoms with E-state index < -0.39 is 10.0 Å². The van der Waals surface area contributed by atoms with Crippen molar-refractivity contribution in [1.82, 2.24) is 15.2 Å². The van der Waals surface area contributed by atoms with E-state index in [1.54, 1.807) is 13.8 Å². The van der Waals surface area contributed by atoms with E-state index in [1.807, 2.05) is 0 Å². The number of nitrogens with one attached hydrogen (secondary N) is 2. The van der Waals surface area contributed by atoms with Crippen LogP contribution in [0.4, 0.5) is 5.95 Å². The van der Waals surface area contributed by atoms with Gasteiger partial charge < -0.3 is 0 Å². The van der Waals surface area contributed by atoms with Crippen molar-refractivity contribution in [3.05, 3.63) is 5.82 Å². The zero-order valence-electron chi connectivity index (χ0n) is 7.53. The summed E-state index contributed by atoms with van der Waals surface area (Å²) in [5.74, 6) is 0.765. The van der Waals surface area contributed by atoms with Crippen molar-refractivity contribution in [2.24, 2.45) is 0 Å². The maximum Gasteiger partial charge on any atom is 0.255 e. The van der Waals surface area contributed by atoms with Crippen molar-refractivity contribution < 1.29 is 8.42 Å². The van der Waals surface area contributed by atoms with Gasteiger partial charge >= 0.3 is 0 Å². The summed E-state index contributed by atoms with van der Waals surface area (Å²) >= 11 is 0. The Morgan fingerprint density at radius 1 is 1.54 bits per heavy atom. The lowest BCUT2D eigenvalue weighted by molar-refractivity contribution is 0.599. The van der Waals surface area contributed by atoms with Crippen LogP contribution in [0.15, 0.2) is 0 Å². The molecule has 2 N–H and O–H groups in total. The van der Waals surface area contributed by atoms with Crippen LogP contribution >= 0.6 is 0 Å². The zero-order valence-corrected chi connectivity index (χ0v) is 8.35. The molecule has 0 radical (unpaired) electrons. The van der Waals surface area contributed by atoms with Crippen molar-refractivity contribution in [2.75, 3.05) is 10.5 Å². The quantitative estimate of drug-likeness (QED) is 0.736. The Kier molecular flexibility index (Phi) is 2.86. The Morgan fingerprint density at radius 3 is 2.69 bits per heavy atom. The van der Waals surface area contributed by atoms with E-state index in [4.69, 9.17) is 0 Å². The second-order valence-corrected chi connectivity index (χ2v) is 4.51. The minimum atomic E-state index is -3.27. The van der Waals surface area contributed by atoms with Crippen LogP contribution in [0, 0.1) is 6.92 Å². The highest BCUT2D eigenvalue weighted by molar-refractivity contribution is 7.92. The van der Waals surface area contributed by atoms with Crippen LogP contribution in [0.2, 0.25) is 0 Å². The average Bonchev–Trinajstić information content (AvgIpc) is 2.34. The fraction of sp³-hybridized carbons (Fsp3) is 0.667. The number of nitrogens with zero attached hydrogens (tertiary/aromatic N) is 2. The average molecular weight is 204 g/mol. The van der Waals surface area contributed by atoms with Crippen molar-refractivity contribution in [3.63, 3.8) is 0 Å². The summed E-state index contributed by atoms with van der Waals surface area (Å²) < 4.78 is 24.7. The van der Waals surface area contributed by atoms with Gasteiger partial charge in [-0.1, -0.05) is 6.92 Å². The first-order valence-corrected chi connectivity index (χ1v) is 5.58. The van der Waals surface area contributed by atoms with Crippen LogP contribution in [-0.4, -0.2) is 29.4 Å². The molecule has 1 rings (SSSR count). The Morgan fingerprint density at radius 2 is 2.23 bits per heavy atom. The van der Waals surface area contributed by atoms with Gasteiger partial charge in [0.25, 0.3) is 5.95 Å². The van der Waals surface area contributed by atoms with Gasteiger partial charge in [-0.05, 0) is 13.3 Å². The van der Waals surface area contributed by atoms with Crippen LogP contribution in [0.5, 0.6) is 0 Å². The molecule has 1 aromatic heterocycles. The van der Waals surface area contributed by atoms with E-state index in [1.165, 1.54) is 0 Å². The molecule has 0 aliphatic heterocycles. The zero-order chi connectivity index (χ0) is 9.90. The van der Waals surface area contributed by atoms with E-state index in [0.717, 1.165) is 0 Å². The maximum atomic E-state index is 11.2. The third-order valence-corrected chi connectivity index (χ3v) is 2.76. The summed E-state index contributed by atoms with van der Waals surface area (Å²) in [6.45, 7) is 3.49. The number of aromatic nitrogens is 3. The molecular weight excluding hydrogens is 192 g/mol. The van der Waals surface area contributed by atoms with Gasteiger partial charge in [0, 0.05) is 0 Å². The summed E-state index contributed by atoms with van der Waals surface area (Å²) in [4.78, 5) is 3.82. The smallest absolute Gasteiger partial charge is 0.255 e. The van der Waals surface area contributed by atoms with Crippen LogP contribution < -0.4 is 4.72 Å². The van der Waals surface area contributed by atoms with Gasteiger partial charge in [-0.2, -0.15) is 4.98 Å². The van der Waals surface area contributed by atoms with Crippen LogP contribution in [0.3, 0.4) is 0 Å². The molecule has 0 saturated carbocycles. The highest BCUT2D eigenvalue weighted by Crippen LogP contribution is 2.01. The molecule has 0 atom stereocenters. The molecule has 0 fully saturated rings. The number of aromatic amines is 1. The first-order chi connectivity index (χ1) is 6.03. The monoisotopic (exact) mass is 204 g/mol. The highest BCUT2D eigenvalue weighted by atomic mass is 32.2. The number of rotatable bonds is 4. The van der Waals surface area contributed by atoms with Crippen molar-refractivity contribution in [2.45, 2.75) is 20.3 Å². The number of H-pyrrole nitrogens is 1. The fourth-order valence-corrected chi connectivity index (χ4v) is 1.86. The molecule has 1 heterocycles. The molecule has 0 bridgehead atoms. The van der Waals surface area contributed by atoms with E-state index >= 15 is 0 Å². The molecule has 7 heteroatoms. The minimum absolute atomic E-state index is 0.0839. The molecule has 1 aromatic rings. The first-order valence-electron chi connectivity index (χ1n) is 3.93. The minimum Gasteiger partial charge on any atom is -0.261 e. The fourth-order valence-electron chi connectivity index (χ4n) is 0.847. The highest BCUT2D eigenvalue weighted by Gasteiger charge is 2.10. The van der Waals surface area contributed by atoms with Gasteiger partial charge in [-0.25, -0.2) is 13.1 Å². The predicted molar refractivity (Wildman–Crippen MR) is 48.8 cm³/mol. The van der Waals surface area contributed by atoms with Gasteiger partial charge in [-0.15, -0.1) is 5.10 Å². The van der Waals surface area contributed by atoms with Gasteiger partial charge in [0.05, 0.1) is 5.75 Å². The lowest BCUT2D eigenvalue weighted by Crippen LogP contribution is -2.16. The summed E-state index contributed by atoms with van der Waals surface area (Å²) in [5.41, 5.74) is 0. The van der Waals surface area contributed by atoms with E-state index in [2.05, 4.69) is 19.9 Å². The van der Waals surface area contributed by atoms with Crippen LogP contribution in [0.1, 0.15) is 19.2 Å². The molecular formula is C6H12N4O2S. The normalized spacial score (nSPS) is 11.5. The molecule has 6 nitrogen and oxygen atoms in total. The van der Waals surface area contributed by atoms with Crippen molar-refractivity contribution in [1.29, 1.82) is 0 Å². The molecule has 74 valence electrons. The number of hydrogen-bond donors (Lipinski definition) is 2. The SMILES string of the molecule is CCCS(=O)(=O)Nc1n[nH]c(C)n1. The standard InChI is InChI=1S/C6H12N4O2S/c1-3-4-13(11,12)10-6-7-5(2)8-9-6/h3-4H2,1-2H3,(H2,7,8,9,10). The molecule has 0 aromatic carbocycles. The Bertz CT molecular complexity index is 370. The van der Waals surface area contributed by atoms with Gasteiger partial charge in [-0.3, -0.25) is 5.10 Å². The second-order valence-electron chi connectivity index (χ2n) is 2.67. The molecule has 0 aliphatic rings. The lowest BCUT2D eigenvalue weighted by Gasteiger charge is -2.00. The third-order valence-electron chi connectivity index (χ3n) is 1.32. The van der Waals surface area contributed by atoms with Crippen LogP contribution in [-0.2, 0) is 10.0 Å². The van der Waals surface area contributed by atoms with E-state index in [0.29, 0.717) is 12.2 Å². The topological polar surface area (TPSA) is 87.7 Å². The number of sulfonamides is 1. The number of aryl methyl sites for hydroxylation is 1. The van der Waals surface area contributed by atoms with Gasteiger partial charge in [0.1, 0.15) is 5.82 Å². The summed E-state index contributed by atoms with van der Waals surface area (Å²) in [6.07, 6.45) is 0.568. The second kappa shape index (κ2) is 3.73. The molecule has 0 saturated heterocycles.